The number of carboxylic acid groups (broad SMARTS) is 1. The summed E-state index contributed by atoms with van der Waals surface area (Å²) in [6, 6.07) is 0. The van der Waals surface area contributed by atoms with E-state index in [1.54, 1.807) is 5.38 Å². The lowest BCUT2D eigenvalue weighted by molar-refractivity contribution is -0.131. The van der Waals surface area contributed by atoms with Gasteiger partial charge in [0.2, 0.25) is 0 Å². The zero-order valence-corrected chi connectivity index (χ0v) is 5.71. The molecule has 0 spiro atoms. The predicted octanol–water partition coefficient (Wildman–Crippen LogP) is 0.636. The van der Waals surface area contributed by atoms with Gasteiger partial charge in [-0.15, -0.1) is 5.10 Å². The Kier molecular flexibility index (Phi) is 2.11. The standard InChI is InChI=1S/C5H4N2O2S/c8-5(9)2-1-4-3-10-7-6-4/h1-3H,(H,8,9). The SMILES string of the molecule is O=C(O)C=Cc1csnn1. The van der Waals surface area contributed by atoms with Crippen molar-refractivity contribution in [1.29, 1.82) is 0 Å². The first-order valence-electron chi connectivity index (χ1n) is 2.47. The maximum absolute atomic E-state index is 9.96. The molecule has 0 aliphatic carbocycles. The van der Waals surface area contributed by atoms with Crippen molar-refractivity contribution in [3.63, 3.8) is 0 Å². The topological polar surface area (TPSA) is 63.1 Å². The molecule has 10 heavy (non-hydrogen) atoms. The number of rotatable bonds is 2. The first-order valence-corrected chi connectivity index (χ1v) is 3.31. The molecule has 0 aliphatic rings. The van der Waals surface area contributed by atoms with Crippen molar-refractivity contribution in [3.05, 3.63) is 17.2 Å². The molecule has 0 saturated heterocycles. The summed E-state index contributed by atoms with van der Waals surface area (Å²) in [5.74, 6) is -0.979. The zero-order valence-electron chi connectivity index (χ0n) is 4.89. The van der Waals surface area contributed by atoms with Gasteiger partial charge < -0.3 is 5.11 Å². The van der Waals surface area contributed by atoms with Crippen LogP contribution in [0.15, 0.2) is 11.5 Å². The normalized spacial score (nSPS) is 10.4. The smallest absolute Gasteiger partial charge is 0.328 e. The quantitative estimate of drug-likeness (QED) is 0.638. The predicted molar refractivity (Wildman–Crippen MR) is 36.6 cm³/mol. The Morgan fingerprint density at radius 1 is 1.80 bits per heavy atom. The lowest BCUT2D eigenvalue weighted by Gasteiger charge is -1.76. The van der Waals surface area contributed by atoms with Gasteiger partial charge in [0.15, 0.2) is 0 Å². The van der Waals surface area contributed by atoms with Gasteiger partial charge in [-0.1, -0.05) is 4.49 Å². The number of aromatic nitrogens is 2. The number of aliphatic carboxylic acids is 1. The molecule has 1 N–H and O–H groups in total. The fourth-order valence-corrected chi connectivity index (χ4v) is 0.823. The van der Waals surface area contributed by atoms with Crippen molar-refractivity contribution in [2.75, 3.05) is 0 Å². The van der Waals surface area contributed by atoms with Crippen LogP contribution in [0.25, 0.3) is 6.08 Å². The van der Waals surface area contributed by atoms with Crippen LogP contribution in [-0.2, 0) is 4.79 Å². The van der Waals surface area contributed by atoms with E-state index in [1.807, 2.05) is 0 Å². The average Bonchev–Trinajstić information content (AvgIpc) is 2.34. The molecule has 0 atom stereocenters. The van der Waals surface area contributed by atoms with Crippen molar-refractivity contribution in [1.82, 2.24) is 9.59 Å². The molecule has 0 unspecified atom stereocenters. The first kappa shape index (κ1) is 6.88. The van der Waals surface area contributed by atoms with Crippen molar-refractivity contribution >= 4 is 23.6 Å². The highest BCUT2D eigenvalue weighted by molar-refractivity contribution is 7.03. The van der Waals surface area contributed by atoms with E-state index in [9.17, 15) is 4.79 Å². The summed E-state index contributed by atoms with van der Waals surface area (Å²) in [5.41, 5.74) is 0.576. The molecule has 1 aromatic rings. The van der Waals surface area contributed by atoms with Gasteiger partial charge in [0, 0.05) is 11.5 Å². The molecule has 0 radical (unpaired) electrons. The van der Waals surface area contributed by atoms with Crippen molar-refractivity contribution < 1.29 is 9.90 Å². The first-order chi connectivity index (χ1) is 4.79. The second kappa shape index (κ2) is 3.07. The zero-order chi connectivity index (χ0) is 7.40. The molecular formula is C5H4N2O2S. The molecule has 1 rings (SSSR count). The van der Waals surface area contributed by atoms with Gasteiger partial charge in [0.25, 0.3) is 0 Å². The summed E-state index contributed by atoms with van der Waals surface area (Å²) in [6.07, 6.45) is 2.42. The Labute approximate surface area is 61.0 Å². The van der Waals surface area contributed by atoms with Crippen LogP contribution >= 0.6 is 11.5 Å². The van der Waals surface area contributed by atoms with E-state index in [0.717, 1.165) is 6.08 Å². The van der Waals surface area contributed by atoms with Crippen LogP contribution in [0.2, 0.25) is 0 Å². The second-order valence-corrected chi connectivity index (χ2v) is 2.11. The molecule has 1 aromatic heterocycles. The average molecular weight is 156 g/mol. The highest BCUT2D eigenvalue weighted by atomic mass is 32.1. The van der Waals surface area contributed by atoms with E-state index in [-0.39, 0.29) is 0 Å². The Morgan fingerprint density at radius 2 is 2.60 bits per heavy atom. The Balaban J connectivity index is 2.64. The Bertz CT molecular complexity index is 242. The molecule has 0 saturated carbocycles. The number of hydrogen-bond acceptors (Lipinski definition) is 4. The molecule has 0 fully saturated rings. The second-order valence-electron chi connectivity index (χ2n) is 1.50. The lowest BCUT2D eigenvalue weighted by Crippen LogP contribution is -1.85. The lowest BCUT2D eigenvalue weighted by atomic mass is 10.4. The van der Waals surface area contributed by atoms with E-state index in [1.165, 1.54) is 17.6 Å². The molecule has 4 nitrogen and oxygen atoms in total. The molecule has 0 bridgehead atoms. The largest absolute Gasteiger partial charge is 0.478 e. The minimum absolute atomic E-state index is 0.576. The summed E-state index contributed by atoms with van der Waals surface area (Å²) >= 11 is 1.19. The van der Waals surface area contributed by atoms with Crippen LogP contribution in [0.1, 0.15) is 5.69 Å². The van der Waals surface area contributed by atoms with Gasteiger partial charge in [0.1, 0.15) is 0 Å². The van der Waals surface area contributed by atoms with Crippen LogP contribution < -0.4 is 0 Å². The van der Waals surface area contributed by atoms with E-state index < -0.39 is 5.97 Å². The van der Waals surface area contributed by atoms with Gasteiger partial charge in [-0.25, -0.2) is 4.79 Å². The molecule has 0 aliphatic heterocycles. The minimum Gasteiger partial charge on any atom is -0.478 e. The van der Waals surface area contributed by atoms with E-state index in [0.29, 0.717) is 5.69 Å². The summed E-state index contributed by atoms with van der Waals surface area (Å²) in [4.78, 5) is 9.96. The summed E-state index contributed by atoms with van der Waals surface area (Å²) in [6.45, 7) is 0. The van der Waals surface area contributed by atoms with Crippen LogP contribution in [-0.4, -0.2) is 20.7 Å². The number of carboxylic acids is 1. The highest BCUT2D eigenvalue weighted by Crippen LogP contribution is 1.98. The van der Waals surface area contributed by atoms with Crippen molar-refractivity contribution in [2.45, 2.75) is 0 Å². The number of carbonyl (C=O) groups is 1. The minimum atomic E-state index is -0.979. The Hall–Kier alpha value is -1.23. The van der Waals surface area contributed by atoms with Gasteiger partial charge in [-0.3, -0.25) is 0 Å². The molecular weight excluding hydrogens is 152 g/mol. The third-order valence-electron chi connectivity index (χ3n) is 0.774. The molecule has 1 heterocycles. The summed E-state index contributed by atoms with van der Waals surface area (Å²) < 4.78 is 3.55. The summed E-state index contributed by atoms with van der Waals surface area (Å²) in [7, 11) is 0. The molecule has 5 heteroatoms. The number of nitrogens with zero attached hydrogens (tertiary/aromatic N) is 2. The van der Waals surface area contributed by atoms with E-state index >= 15 is 0 Å². The van der Waals surface area contributed by atoms with Crippen LogP contribution in [0, 0.1) is 0 Å². The number of hydrogen-bond donors (Lipinski definition) is 1. The van der Waals surface area contributed by atoms with E-state index in [4.69, 9.17) is 5.11 Å². The molecule has 0 amide bonds. The third-order valence-corrected chi connectivity index (χ3v) is 1.30. The van der Waals surface area contributed by atoms with E-state index in [2.05, 4.69) is 9.59 Å². The maximum Gasteiger partial charge on any atom is 0.328 e. The monoisotopic (exact) mass is 156 g/mol. The van der Waals surface area contributed by atoms with Crippen LogP contribution in [0.5, 0.6) is 0 Å². The fraction of sp³-hybridized carbons (Fsp3) is 0. The fourth-order valence-electron chi connectivity index (χ4n) is 0.401. The summed E-state index contributed by atoms with van der Waals surface area (Å²) in [5, 5.41) is 13.5. The highest BCUT2D eigenvalue weighted by Gasteiger charge is 1.89. The van der Waals surface area contributed by atoms with Gasteiger partial charge in [-0.2, -0.15) is 0 Å². The molecule has 52 valence electrons. The van der Waals surface area contributed by atoms with Gasteiger partial charge in [0.05, 0.1) is 5.69 Å². The van der Waals surface area contributed by atoms with Crippen molar-refractivity contribution in [2.24, 2.45) is 0 Å². The van der Waals surface area contributed by atoms with Crippen LogP contribution in [0.3, 0.4) is 0 Å². The maximum atomic E-state index is 9.96. The van der Waals surface area contributed by atoms with Crippen molar-refractivity contribution in [3.8, 4) is 0 Å². The van der Waals surface area contributed by atoms with Gasteiger partial charge >= 0.3 is 5.97 Å². The van der Waals surface area contributed by atoms with Crippen LogP contribution in [0.4, 0.5) is 0 Å². The molecule has 0 aromatic carbocycles. The third kappa shape index (κ3) is 1.94. The Morgan fingerprint density at radius 3 is 3.10 bits per heavy atom. The van der Waals surface area contributed by atoms with Gasteiger partial charge in [-0.05, 0) is 17.6 Å².